The van der Waals surface area contributed by atoms with Crippen LogP contribution in [0.2, 0.25) is 0 Å². The molecule has 0 bridgehead atoms. The number of carbonyl (C=O) groups excluding carboxylic acids is 2. The van der Waals surface area contributed by atoms with Crippen molar-refractivity contribution < 1.29 is 9.59 Å². The molecule has 1 unspecified atom stereocenters. The lowest BCUT2D eigenvalue weighted by Crippen LogP contribution is -2.36. The van der Waals surface area contributed by atoms with Gasteiger partial charge in [-0.1, -0.05) is 0 Å². The fraction of sp³-hybridized carbons (Fsp3) is 0.583. The third kappa shape index (κ3) is 5.58. The molecule has 0 fully saturated rings. The zero-order chi connectivity index (χ0) is 14.4. The fourth-order valence-electron chi connectivity index (χ4n) is 1.49. The maximum atomic E-state index is 11.9. The summed E-state index contributed by atoms with van der Waals surface area (Å²) in [5.74, 6) is -0.201. The Balaban J connectivity index is 2.33. The number of carbonyl (C=O) groups is 2. The summed E-state index contributed by atoms with van der Waals surface area (Å²) in [6.07, 6.45) is 3.78. The van der Waals surface area contributed by atoms with Crippen molar-refractivity contribution in [3.8, 4) is 0 Å². The largest absolute Gasteiger partial charge is 0.354 e. The van der Waals surface area contributed by atoms with Crippen LogP contribution in [0.15, 0.2) is 12.4 Å². The van der Waals surface area contributed by atoms with E-state index in [2.05, 4.69) is 38.3 Å². The number of aromatic nitrogens is 2. The summed E-state index contributed by atoms with van der Waals surface area (Å²) in [5, 5.41) is 9.59. The van der Waals surface area contributed by atoms with Crippen LogP contribution in [0.3, 0.4) is 0 Å². The normalized spacial score (nSPS) is 12.3. The molecule has 0 saturated heterocycles. The van der Waals surface area contributed by atoms with Gasteiger partial charge >= 0.3 is 0 Å². The minimum atomic E-state index is -0.378. The lowest BCUT2D eigenvalue weighted by atomic mass is 10.3. The molecule has 2 N–H and O–H groups in total. The second kappa shape index (κ2) is 7.46. The molecule has 19 heavy (non-hydrogen) atoms. The van der Waals surface area contributed by atoms with E-state index in [-0.39, 0.29) is 30.3 Å². The van der Waals surface area contributed by atoms with Crippen LogP contribution >= 0.6 is 22.6 Å². The highest BCUT2D eigenvalue weighted by Crippen LogP contribution is 2.08. The molecule has 0 spiro atoms. The fourth-order valence-corrected chi connectivity index (χ4v) is 1.90. The average Bonchev–Trinajstić information content (AvgIpc) is 2.73. The third-order valence-electron chi connectivity index (χ3n) is 2.45. The van der Waals surface area contributed by atoms with Crippen molar-refractivity contribution in [1.29, 1.82) is 0 Å². The summed E-state index contributed by atoms with van der Waals surface area (Å²) in [4.78, 5) is 23.2. The Bertz CT molecular complexity index is 445. The van der Waals surface area contributed by atoms with Crippen LogP contribution in [0.1, 0.15) is 33.2 Å². The summed E-state index contributed by atoms with van der Waals surface area (Å²) in [7, 11) is 0. The standard InChI is InChI=1S/C12H19IN4O2/c1-8(2)16-11(18)4-5-14-12(19)9(3)17-7-10(13)6-15-17/h6-9H,4-5H2,1-3H3,(H,14,19)(H,16,18). The smallest absolute Gasteiger partial charge is 0.244 e. The van der Waals surface area contributed by atoms with E-state index in [9.17, 15) is 9.59 Å². The van der Waals surface area contributed by atoms with Gasteiger partial charge in [0, 0.05) is 25.2 Å². The van der Waals surface area contributed by atoms with Crippen molar-refractivity contribution in [3.05, 3.63) is 16.0 Å². The van der Waals surface area contributed by atoms with E-state index in [0.717, 1.165) is 3.57 Å². The highest BCUT2D eigenvalue weighted by atomic mass is 127. The quantitative estimate of drug-likeness (QED) is 0.728. The van der Waals surface area contributed by atoms with Crippen LogP contribution in [0.4, 0.5) is 0 Å². The van der Waals surface area contributed by atoms with Crippen molar-refractivity contribution in [3.63, 3.8) is 0 Å². The highest BCUT2D eigenvalue weighted by molar-refractivity contribution is 14.1. The van der Waals surface area contributed by atoms with Gasteiger partial charge in [-0.05, 0) is 43.4 Å². The van der Waals surface area contributed by atoms with Crippen LogP contribution in [-0.4, -0.2) is 34.2 Å². The van der Waals surface area contributed by atoms with Gasteiger partial charge in [0.15, 0.2) is 0 Å². The molecule has 0 aromatic carbocycles. The third-order valence-corrected chi connectivity index (χ3v) is 3.00. The molecule has 1 atom stereocenters. The number of hydrogen-bond donors (Lipinski definition) is 2. The minimum absolute atomic E-state index is 0.0587. The van der Waals surface area contributed by atoms with Crippen LogP contribution in [0, 0.1) is 3.57 Å². The van der Waals surface area contributed by atoms with E-state index in [1.54, 1.807) is 24.0 Å². The van der Waals surface area contributed by atoms with Crippen molar-refractivity contribution >= 4 is 34.4 Å². The average molecular weight is 378 g/mol. The van der Waals surface area contributed by atoms with Gasteiger partial charge in [-0.2, -0.15) is 5.10 Å². The van der Waals surface area contributed by atoms with Gasteiger partial charge in [0.1, 0.15) is 6.04 Å². The highest BCUT2D eigenvalue weighted by Gasteiger charge is 2.15. The number of hydrogen-bond acceptors (Lipinski definition) is 3. The molecule has 6 nitrogen and oxygen atoms in total. The molecule has 2 amide bonds. The first-order valence-electron chi connectivity index (χ1n) is 6.17. The molecule has 0 aliphatic carbocycles. The summed E-state index contributed by atoms with van der Waals surface area (Å²) in [5.41, 5.74) is 0. The van der Waals surface area contributed by atoms with Gasteiger partial charge in [0.05, 0.1) is 9.77 Å². The first-order valence-corrected chi connectivity index (χ1v) is 7.24. The molecule has 1 aromatic heterocycles. The van der Waals surface area contributed by atoms with Crippen LogP contribution in [0.5, 0.6) is 0 Å². The maximum Gasteiger partial charge on any atom is 0.244 e. The van der Waals surface area contributed by atoms with Crippen LogP contribution < -0.4 is 10.6 Å². The number of amides is 2. The number of nitrogens with one attached hydrogen (secondary N) is 2. The van der Waals surface area contributed by atoms with E-state index >= 15 is 0 Å². The van der Waals surface area contributed by atoms with Crippen molar-refractivity contribution in [2.75, 3.05) is 6.54 Å². The Labute approximate surface area is 126 Å². The zero-order valence-corrected chi connectivity index (χ0v) is 13.5. The Morgan fingerprint density at radius 1 is 1.42 bits per heavy atom. The van der Waals surface area contributed by atoms with E-state index in [0.29, 0.717) is 6.54 Å². The predicted octanol–water partition coefficient (Wildman–Crippen LogP) is 1.08. The minimum Gasteiger partial charge on any atom is -0.354 e. The number of rotatable bonds is 6. The Hall–Kier alpha value is -1.12. The Kier molecular flexibility index (Phi) is 6.26. The van der Waals surface area contributed by atoms with Gasteiger partial charge in [0.25, 0.3) is 0 Å². The van der Waals surface area contributed by atoms with Crippen molar-refractivity contribution in [1.82, 2.24) is 20.4 Å². The van der Waals surface area contributed by atoms with E-state index in [1.165, 1.54) is 0 Å². The SMILES string of the molecule is CC(C)NC(=O)CCNC(=O)C(C)n1cc(I)cn1. The molecule has 0 radical (unpaired) electrons. The van der Waals surface area contributed by atoms with Crippen LogP contribution in [0.25, 0.3) is 0 Å². The second-order valence-electron chi connectivity index (χ2n) is 4.58. The zero-order valence-electron chi connectivity index (χ0n) is 11.3. The van der Waals surface area contributed by atoms with Gasteiger partial charge in [-0.25, -0.2) is 0 Å². The topological polar surface area (TPSA) is 76.0 Å². The lowest BCUT2D eigenvalue weighted by molar-refractivity contribution is -0.124. The summed E-state index contributed by atoms with van der Waals surface area (Å²) in [6.45, 7) is 5.91. The molecule has 1 heterocycles. The predicted molar refractivity (Wildman–Crippen MR) is 80.6 cm³/mol. The van der Waals surface area contributed by atoms with E-state index in [4.69, 9.17) is 0 Å². The van der Waals surface area contributed by atoms with Gasteiger partial charge in [-0.15, -0.1) is 0 Å². The monoisotopic (exact) mass is 378 g/mol. The number of nitrogens with zero attached hydrogens (tertiary/aromatic N) is 2. The van der Waals surface area contributed by atoms with Gasteiger partial charge < -0.3 is 10.6 Å². The van der Waals surface area contributed by atoms with Crippen LogP contribution in [-0.2, 0) is 9.59 Å². The first kappa shape index (κ1) is 15.9. The molecule has 7 heteroatoms. The summed E-state index contributed by atoms with van der Waals surface area (Å²) >= 11 is 2.14. The Morgan fingerprint density at radius 2 is 2.11 bits per heavy atom. The first-order chi connectivity index (χ1) is 8.90. The van der Waals surface area contributed by atoms with Crippen molar-refractivity contribution in [2.45, 2.75) is 39.3 Å². The van der Waals surface area contributed by atoms with Gasteiger partial charge in [0.2, 0.25) is 11.8 Å². The maximum absolute atomic E-state index is 11.9. The van der Waals surface area contributed by atoms with E-state index in [1.807, 2.05) is 13.8 Å². The summed E-state index contributed by atoms with van der Waals surface area (Å²) < 4.78 is 2.58. The molecule has 0 aliphatic rings. The summed E-state index contributed by atoms with van der Waals surface area (Å²) in [6, 6.07) is -0.259. The second-order valence-corrected chi connectivity index (χ2v) is 5.82. The molecule has 1 rings (SSSR count). The van der Waals surface area contributed by atoms with Crippen molar-refractivity contribution in [2.24, 2.45) is 0 Å². The molecule has 0 aliphatic heterocycles. The molecule has 1 aromatic rings. The Morgan fingerprint density at radius 3 is 2.63 bits per heavy atom. The lowest BCUT2D eigenvalue weighted by Gasteiger charge is -2.13. The number of halogens is 1. The molecule has 106 valence electrons. The molecular formula is C12H19IN4O2. The van der Waals surface area contributed by atoms with Gasteiger partial charge in [-0.3, -0.25) is 14.3 Å². The molecule has 0 saturated carbocycles. The van der Waals surface area contributed by atoms with E-state index < -0.39 is 0 Å². The molecular weight excluding hydrogens is 359 g/mol.